The summed E-state index contributed by atoms with van der Waals surface area (Å²) in [6.07, 6.45) is 14.5. The highest BCUT2D eigenvalue weighted by atomic mass is 16.1. The van der Waals surface area contributed by atoms with E-state index in [2.05, 4.69) is 6.08 Å². The van der Waals surface area contributed by atoms with Crippen molar-refractivity contribution in [2.75, 3.05) is 0 Å². The van der Waals surface area contributed by atoms with Gasteiger partial charge in [0.1, 0.15) is 6.29 Å². The second kappa shape index (κ2) is 6.88. The van der Waals surface area contributed by atoms with Gasteiger partial charge in [0.2, 0.25) is 0 Å². The number of allylic oxidation sites excluding steroid dienone is 2. The smallest absolute Gasteiger partial charge is 0.145 e. The Morgan fingerprint density at radius 1 is 0.923 bits per heavy atom. The van der Waals surface area contributed by atoms with Crippen LogP contribution in [0, 0.1) is 0 Å². The normalized spacial score (nSPS) is 25.4. The fraction of sp³-hybridized carbons (Fsp3) is 0.750. The Morgan fingerprint density at radius 2 is 1.54 bits per heavy atom. The lowest BCUT2D eigenvalue weighted by Crippen LogP contribution is -1.85. The minimum atomic E-state index is 1.00. The van der Waals surface area contributed by atoms with Crippen LogP contribution in [0.2, 0.25) is 0 Å². The van der Waals surface area contributed by atoms with E-state index in [0.717, 1.165) is 24.7 Å². The van der Waals surface area contributed by atoms with Crippen molar-refractivity contribution in [2.45, 2.75) is 57.8 Å². The van der Waals surface area contributed by atoms with Gasteiger partial charge in [0.25, 0.3) is 0 Å². The molecule has 0 aromatic carbocycles. The Bertz CT molecular complexity index is 170. The summed E-state index contributed by atoms with van der Waals surface area (Å²) in [6, 6.07) is 0. The molecule has 0 saturated heterocycles. The molecule has 1 aliphatic carbocycles. The molecule has 0 atom stereocenters. The molecule has 0 amide bonds. The molecule has 0 aliphatic heterocycles. The van der Waals surface area contributed by atoms with Crippen LogP contribution in [0.1, 0.15) is 57.8 Å². The topological polar surface area (TPSA) is 17.1 Å². The maximum absolute atomic E-state index is 10.6. The first-order valence-electron chi connectivity index (χ1n) is 5.57. The molecule has 1 nitrogen and oxygen atoms in total. The molecule has 0 saturated carbocycles. The fourth-order valence-electron chi connectivity index (χ4n) is 1.85. The molecule has 0 bridgehead atoms. The van der Waals surface area contributed by atoms with Gasteiger partial charge in [0.15, 0.2) is 0 Å². The number of aldehydes is 1. The van der Waals surface area contributed by atoms with E-state index in [1.165, 1.54) is 44.9 Å². The van der Waals surface area contributed by atoms with Crippen LogP contribution in [0.25, 0.3) is 0 Å². The third-order valence-electron chi connectivity index (χ3n) is 2.73. The lowest BCUT2D eigenvalue weighted by atomic mass is 10.1. The van der Waals surface area contributed by atoms with Crippen LogP contribution in [0.3, 0.4) is 0 Å². The van der Waals surface area contributed by atoms with Gasteiger partial charge in [-0.1, -0.05) is 38.2 Å². The van der Waals surface area contributed by atoms with Gasteiger partial charge in [-0.3, -0.25) is 4.79 Å². The minimum absolute atomic E-state index is 1.00. The molecule has 0 spiro atoms. The molecule has 1 aliphatic rings. The Kier molecular flexibility index (Phi) is 5.55. The summed E-state index contributed by atoms with van der Waals surface area (Å²) >= 11 is 0. The highest BCUT2D eigenvalue weighted by Gasteiger charge is 1.98. The average molecular weight is 180 g/mol. The summed E-state index contributed by atoms with van der Waals surface area (Å²) in [5, 5.41) is 0. The standard InChI is InChI=1S/C12H20O/c13-11-12-9-7-5-3-1-2-4-6-8-10-12/h9,11H,1-8,10H2/b12-9+. The molecule has 0 fully saturated rings. The number of rotatable bonds is 1. The zero-order valence-electron chi connectivity index (χ0n) is 8.43. The predicted molar refractivity (Wildman–Crippen MR) is 55.7 cm³/mol. The fourth-order valence-corrected chi connectivity index (χ4v) is 1.85. The monoisotopic (exact) mass is 180 g/mol. The summed E-state index contributed by atoms with van der Waals surface area (Å²) in [6.45, 7) is 0. The summed E-state index contributed by atoms with van der Waals surface area (Å²) in [4.78, 5) is 10.6. The molecule has 0 aromatic heterocycles. The average Bonchev–Trinajstić information content (AvgIpc) is 2.22. The van der Waals surface area contributed by atoms with Gasteiger partial charge < -0.3 is 0 Å². The van der Waals surface area contributed by atoms with E-state index < -0.39 is 0 Å². The number of hydrogen-bond donors (Lipinski definition) is 0. The number of hydrogen-bond acceptors (Lipinski definition) is 1. The summed E-state index contributed by atoms with van der Waals surface area (Å²) in [5.74, 6) is 0. The van der Waals surface area contributed by atoms with E-state index in [4.69, 9.17) is 0 Å². The van der Waals surface area contributed by atoms with Crippen LogP contribution in [-0.4, -0.2) is 6.29 Å². The molecule has 1 rings (SSSR count). The van der Waals surface area contributed by atoms with Crippen LogP contribution < -0.4 is 0 Å². The van der Waals surface area contributed by atoms with Crippen LogP contribution in [0.15, 0.2) is 11.6 Å². The molecule has 1 heteroatoms. The minimum Gasteiger partial charge on any atom is -0.298 e. The van der Waals surface area contributed by atoms with Crippen molar-refractivity contribution in [2.24, 2.45) is 0 Å². The van der Waals surface area contributed by atoms with Gasteiger partial charge in [0, 0.05) is 0 Å². The number of carbonyl (C=O) groups is 1. The molecule has 0 heterocycles. The van der Waals surface area contributed by atoms with Crippen molar-refractivity contribution in [3.8, 4) is 0 Å². The maximum Gasteiger partial charge on any atom is 0.145 e. The summed E-state index contributed by atoms with van der Waals surface area (Å²) < 4.78 is 0. The molecular weight excluding hydrogens is 160 g/mol. The quantitative estimate of drug-likeness (QED) is 0.563. The molecule has 0 aromatic rings. The molecule has 0 N–H and O–H groups in total. The van der Waals surface area contributed by atoms with Gasteiger partial charge >= 0.3 is 0 Å². The van der Waals surface area contributed by atoms with E-state index in [1.807, 2.05) is 0 Å². The van der Waals surface area contributed by atoms with Gasteiger partial charge in [-0.25, -0.2) is 0 Å². The zero-order chi connectivity index (χ0) is 9.36. The van der Waals surface area contributed by atoms with Crippen molar-refractivity contribution >= 4 is 6.29 Å². The first-order valence-corrected chi connectivity index (χ1v) is 5.57. The predicted octanol–water partition coefficient (Wildman–Crippen LogP) is 3.64. The lowest BCUT2D eigenvalue weighted by molar-refractivity contribution is -0.105. The Balaban J connectivity index is 2.35. The highest BCUT2D eigenvalue weighted by molar-refractivity contribution is 5.72. The largest absolute Gasteiger partial charge is 0.298 e. The van der Waals surface area contributed by atoms with E-state index >= 15 is 0 Å². The molecule has 13 heavy (non-hydrogen) atoms. The second-order valence-corrected chi connectivity index (χ2v) is 3.91. The van der Waals surface area contributed by atoms with E-state index in [0.29, 0.717) is 0 Å². The van der Waals surface area contributed by atoms with Crippen molar-refractivity contribution in [1.29, 1.82) is 0 Å². The zero-order valence-corrected chi connectivity index (χ0v) is 8.43. The van der Waals surface area contributed by atoms with Gasteiger partial charge in [-0.05, 0) is 31.3 Å². The SMILES string of the molecule is O=C/C1=C/CCCCCCCCC1. The molecule has 74 valence electrons. The summed E-state index contributed by atoms with van der Waals surface area (Å²) in [7, 11) is 0. The molecule has 0 unspecified atom stereocenters. The number of carbonyl (C=O) groups excluding carboxylic acids is 1. The van der Waals surface area contributed by atoms with Crippen molar-refractivity contribution in [1.82, 2.24) is 0 Å². The Labute approximate surface area is 81.2 Å². The van der Waals surface area contributed by atoms with Gasteiger partial charge in [-0.15, -0.1) is 0 Å². The van der Waals surface area contributed by atoms with E-state index in [-0.39, 0.29) is 0 Å². The first-order chi connectivity index (χ1) is 6.43. The van der Waals surface area contributed by atoms with Crippen LogP contribution in [0.4, 0.5) is 0 Å². The summed E-state index contributed by atoms with van der Waals surface area (Å²) in [5.41, 5.74) is 1.03. The second-order valence-electron chi connectivity index (χ2n) is 3.91. The van der Waals surface area contributed by atoms with Gasteiger partial charge in [0.05, 0.1) is 0 Å². The van der Waals surface area contributed by atoms with Crippen molar-refractivity contribution in [3.63, 3.8) is 0 Å². The van der Waals surface area contributed by atoms with E-state index in [1.54, 1.807) is 0 Å². The molecule has 0 radical (unpaired) electrons. The van der Waals surface area contributed by atoms with Crippen molar-refractivity contribution < 1.29 is 4.79 Å². The lowest BCUT2D eigenvalue weighted by Gasteiger charge is -1.99. The maximum atomic E-state index is 10.6. The van der Waals surface area contributed by atoms with Crippen LogP contribution >= 0.6 is 0 Å². The van der Waals surface area contributed by atoms with Crippen LogP contribution in [-0.2, 0) is 4.79 Å². The third-order valence-corrected chi connectivity index (χ3v) is 2.73. The first kappa shape index (κ1) is 10.5. The highest BCUT2D eigenvalue weighted by Crippen LogP contribution is 2.15. The third kappa shape index (κ3) is 4.87. The Hall–Kier alpha value is -0.590. The molecular formula is C12H20O. The Morgan fingerprint density at radius 3 is 2.23 bits per heavy atom. The van der Waals surface area contributed by atoms with Crippen LogP contribution in [0.5, 0.6) is 0 Å². The van der Waals surface area contributed by atoms with Gasteiger partial charge in [-0.2, -0.15) is 0 Å². The van der Waals surface area contributed by atoms with E-state index in [9.17, 15) is 4.79 Å². The van der Waals surface area contributed by atoms with Crippen molar-refractivity contribution in [3.05, 3.63) is 11.6 Å².